The molecular weight excluding hydrogens is 854 g/mol. The third-order valence-electron chi connectivity index (χ3n) is 13.0. The van der Waals surface area contributed by atoms with E-state index >= 15 is 9.59 Å². The predicted octanol–water partition coefficient (Wildman–Crippen LogP) is 10.2. The van der Waals surface area contributed by atoms with Crippen molar-refractivity contribution in [1.29, 1.82) is 0 Å². The zero-order chi connectivity index (χ0) is 43.9. The van der Waals surface area contributed by atoms with Gasteiger partial charge in [-0.25, -0.2) is 4.98 Å². The van der Waals surface area contributed by atoms with E-state index in [0.717, 1.165) is 21.8 Å². The van der Waals surface area contributed by atoms with Crippen molar-refractivity contribution in [3.63, 3.8) is 0 Å². The number of hydrogen-bond acceptors (Lipinski definition) is 8. The Morgan fingerprint density at radius 3 is 2.19 bits per heavy atom. The van der Waals surface area contributed by atoms with Crippen LogP contribution >= 0.6 is 23.2 Å². The molecule has 0 radical (unpaired) electrons. The number of carbonyl (C=O) groups is 4. The Morgan fingerprint density at radius 1 is 0.778 bits per heavy atom. The number of imide groups is 2. The number of anilines is 4. The predicted molar refractivity (Wildman–Crippen MR) is 231 cm³/mol. The van der Waals surface area contributed by atoms with E-state index in [1.165, 1.54) is 11.0 Å². The first kappa shape index (κ1) is 40.4. The lowest BCUT2D eigenvalue weighted by Crippen LogP contribution is -2.53. The van der Waals surface area contributed by atoms with E-state index in [2.05, 4.69) is 15.7 Å². The van der Waals surface area contributed by atoms with Crippen molar-refractivity contribution >= 4 is 80.5 Å². The lowest BCUT2D eigenvalue weighted by atomic mass is 9.48. The molecule has 63 heavy (non-hydrogen) atoms. The molecule has 4 aliphatic rings. The number of hydrogen-bond donors (Lipinski definition) is 3. The number of carbonyl (C=O) groups excluding carboxylic acids is 4. The molecule has 6 atom stereocenters. The van der Waals surface area contributed by atoms with E-state index < -0.39 is 75.4 Å². The van der Waals surface area contributed by atoms with Gasteiger partial charge in [-0.1, -0.05) is 95.5 Å². The van der Waals surface area contributed by atoms with Crippen LogP contribution in [0.3, 0.4) is 0 Å². The molecular formula is C48H34Cl2F3N5O5. The summed E-state index contributed by atoms with van der Waals surface area (Å²) in [5.41, 5.74) is 2.93. The highest BCUT2D eigenvalue weighted by atomic mass is 35.5. The first-order chi connectivity index (χ1) is 30.3. The third kappa shape index (κ3) is 6.35. The second kappa shape index (κ2) is 15.0. The van der Waals surface area contributed by atoms with E-state index in [9.17, 15) is 27.9 Å². The van der Waals surface area contributed by atoms with Crippen molar-refractivity contribution in [1.82, 2.24) is 9.99 Å². The van der Waals surface area contributed by atoms with E-state index in [1.54, 1.807) is 66.7 Å². The average Bonchev–Trinajstić information content (AvgIpc) is 3.65. The van der Waals surface area contributed by atoms with Crippen LogP contribution in [-0.2, 0) is 30.8 Å². The van der Waals surface area contributed by atoms with Crippen LogP contribution < -0.4 is 15.6 Å². The zero-order valence-corrected chi connectivity index (χ0v) is 34.3. The van der Waals surface area contributed by atoms with Crippen molar-refractivity contribution in [2.45, 2.75) is 30.4 Å². The smallest absolute Gasteiger partial charge is 0.417 e. The molecule has 6 aromatic rings. The molecule has 10 rings (SSSR count). The van der Waals surface area contributed by atoms with Crippen molar-refractivity contribution in [3.05, 3.63) is 166 Å². The SMILES string of the molecule is O=C1[C@@H]2C[C@@H]3C(=CC[C@@H]4C(=O)N(c5ccc(Nc6ccccc6)cc5)C(=O)[C@@H]43)[C@H](c3c(O)ccc4ccccc34)[C@]2(c2ccc(Cl)cc2)C(=O)N1Nc1ncc(C(F)(F)F)cc1Cl. The Labute approximate surface area is 367 Å². The van der Waals surface area contributed by atoms with E-state index in [0.29, 0.717) is 45.1 Å². The summed E-state index contributed by atoms with van der Waals surface area (Å²) in [6, 6.07) is 34.0. The first-order valence-electron chi connectivity index (χ1n) is 20.1. The van der Waals surface area contributed by atoms with Crippen molar-refractivity contribution in [2.24, 2.45) is 23.7 Å². The highest BCUT2D eigenvalue weighted by Crippen LogP contribution is 2.65. The van der Waals surface area contributed by atoms with Crippen molar-refractivity contribution in [2.75, 3.05) is 15.6 Å². The van der Waals surface area contributed by atoms with Crippen LogP contribution in [0.2, 0.25) is 10.0 Å². The highest BCUT2D eigenvalue weighted by Gasteiger charge is 2.71. The van der Waals surface area contributed by atoms with Gasteiger partial charge in [-0.2, -0.15) is 18.2 Å². The molecule has 4 amide bonds. The number of alkyl halides is 3. The molecule has 1 saturated carbocycles. The van der Waals surface area contributed by atoms with Crippen LogP contribution in [0.1, 0.15) is 35.4 Å². The maximum Gasteiger partial charge on any atom is 0.417 e. The van der Waals surface area contributed by atoms with Gasteiger partial charge in [-0.05, 0) is 95.8 Å². The number of allylic oxidation sites excluding steroid dienone is 2. The van der Waals surface area contributed by atoms with Gasteiger partial charge in [0.1, 0.15) is 5.75 Å². The van der Waals surface area contributed by atoms with Gasteiger partial charge in [0.05, 0.1) is 39.4 Å². The minimum absolute atomic E-state index is 0.0820. The molecule has 3 fully saturated rings. The number of hydrazine groups is 1. The molecule has 10 nitrogen and oxygen atoms in total. The van der Waals surface area contributed by atoms with Crippen LogP contribution in [0.4, 0.5) is 36.1 Å². The number of fused-ring (bicyclic) bond motifs is 5. The average molecular weight is 889 g/mol. The van der Waals surface area contributed by atoms with Gasteiger partial charge in [0.25, 0.3) is 11.8 Å². The minimum atomic E-state index is -4.77. The number of aromatic nitrogens is 1. The molecule has 0 spiro atoms. The number of halogens is 5. The molecule has 3 heterocycles. The lowest BCUT2D eigenvalue weighted by Gasteiger charge is -2.51. The Morgan fingerprint density at radius 2 is 1.48 bits per heavy atom. The summed E-state index contributed by atoms with van der Waals surface area (Å²) in [5.74, 6) is -7.87. The number of aromatic hydroxyl groups is 1. The highest BCUT2D eigenvalue weighted by molar-refractivity contribution is 6.33. The second-order valence-electron chi connectivity index (χ2n) is 16.2. The maximum absolute atomic E-state index is 15.6. The summed E-state index contributed by atoms with van der Waals surface area (Å²) in [7, 11) is 0. The van der Waals surface area contributed by atoms with Gasteiger partial charge in [0, 0.05) is 34.1 Å². The van der Waals surface area contributed by atoms with Gasteiger partial charge < -0.3 is 10.4 Å². The van der Waals surface area contributed by atoms with Crippen molar-refractivity contribution in [3.8, 4) is 5.75 Å². The fourth-order valence-corrected chi connectivity index (χ4v) is 10.7. The Balaban J connectivity index is 1.12. The van der Waals surface area contributed by atoms with Gasteiger partial charge in [-0.15, -0.1) is 0 Å². The quantitative estimate of drug-likeness (QED) is 0.107. The molecule has 1 aromatic heterocycles. The number of phenolic OH excluding ortho intramolecular Hbond substituents is 1. The molecule has 0 bridgehead atoms. The maximum atomic E-state index is 15.6. The van der Waals surface area contributed by atoms with E-state index in [-0.39, 0.29) is 24.4 Å². The minimum Gasteiger partial charge on any atom is -0.508 e. The normalized spacial score (nSPS) is 24.3. The zero-order valence-electron chi connectivity index (χ0n) is 32.8. The molecule has 2 aliphatic heterocycles. The van der Waals surface area contributed by atoms with Gasteiger partial charge in [0.15, 0.2) is 5.82 Å². The number of rotatable bonds is 7. The van der Waals surface area contributed by atoms with Gasteiger partial charge in [-0.3, -0.25) is 29.5 Å². The standard InChI is InChI=1S/C48H34Cl2F3N5O5/c49-28-13-11-26(12-14-28)47-36(44(61)58(46(47)63)56-42-37(50)22-27(24-54-42)48(51,52)53)23-35-33(41(47)40-32-9-5-4-6-25(32)10-21-38(40)59)19-20-34-39(35)45(62)57(43(34)60)31-17-15-30(16-18-31)55-29-7-2-1-3-8-29/h1-19,21-22,24,34-36,39,41,55,59H,20,23H2,(H,54,56)/t34-,35+,36-,39-,41+,47+/m0/s1. The third-order valence-corrected chi connectivity index (χ3v) is 13.5. The van der Waals surface area contributed by atoms with Crippen LogP contribution in [0, 0.1) is 23.7 Å². The summed E-state index contributed by atoms with van der Waals surface area (Å²) < 4.78 is 40.9. The fraction of sp³-hybridized carbons (Fsp3) is 0.188. The molecule has 316 valence electrons. The molecule has 3 N–H and O–H groups in total. The fourth-order valence-electron chi connectivity index (χ4n) is 10.3. The topological polar surface area (TPSA) is 132 Å². The van der Waals surface area contributed by atoms with Crippen molar-refractivity contribution < 1.29 is 37.5 Å². The summed E-state index contributed by atoms with van der Waals surface area (Å²) in [4.78, 5) is 65.1. The largest absolute Gasteiger partial charge is 0.508 e. The molecule has 15 heteroatoms. The molecule has 0 unspecified atom stereocenters. The lowest BCUT2D eigenvalue weighted by molar-refractivity contribution is -0.139. The van der Waals surface area contributed by atoms with Gasteiger partial charge >= 0.3 is 6.18 Å². The van der Waals surface area contributed by atoms with E-state index in [4.69, 9.17) is 23.2 Å². The summed E-state index contributed by atoms with van der Waals surface area (Å²) in [6.45, 7) is 0. The monoisotopic (exact) mass is 887 g/mol. The van der Waals surface area contributed by atoms with Crippen LogP contribution in [-0.4, -0.2) is 38.7 Å². The number of amides is 4. The van der Waals surface area contributed by atoms with Crippen LogP contribution in [0.15, 0.2) is 139 Å². The second-order valence-corrected chi connectivity index (χ2v) is 17.0. The molecule has 2 saturated heterocycles. The molecule has 5 aromatic carbocycles. The number of pyridine rings is 1. The van der Waals surface area contributed by atoms with Gasteiger partial charge in [0.2, 0.25) is 11.8 Å². The van der Waals surface area contributed by atoms with E-state index in [1.807, 2.05) is 48.5 Å². The Kier molecular flexibility index (Phi) is 9.61. The Hall–Kier alpha value is -6.70. The first-order valence-corrected chi connectivity index (χ1v) is 20.9. The summed E-state index contributed by atoms with van der Waals surface area (Å²) in [6.07, 6.45) is -2.31. The Bertz CT molecular complexity index is 2910. The van der Waals surface area contributed by atoms with Crippen LogP contribution in [0.5, 0.6) is 5.75 Å². The number of nitrogens with zero attached hydrogens (tertiary/aromatic N) is 3. The van der Waals surface area contributed by atoms with Crippen LogP contribution in [0.25, 0.3) is 10.8 Å². The summed E-state index contributed by atoms with van der Waals surface area (Å²) in [5, 5.41) is 17.2. The number of phenols is 1. The summed E-state index contributed by atoms with van der Waals surface area (Å²) >= 11 is 12.7. The molecule has 2 aliphatic carbocycles. The number of nitrogens with one attached hydrogen (secondary N) is 2. The number of benzene rings is 5. The number of para-hydroxylation sites is 1.